The van der Waals surface area contributed by atoms with Crippen LogP contribution in [-0.4, -0.2) is 69.3 Å². The van der Waals surface area contributed by atoms with Gasteiger partial charge in [0.1, 0.15) is 0 Å². The number of likely N-dealkylation sites (tertiary alicyclic amines) is 1. The zero-order valence-corrected chi connectivity index (χ0v) is 15.1. The Hall–Kier alpha value is -1.30. The van der Waals surface area contributed by atoms with E-state index in [0.29, 0.717) is 12.6 Å². The molecule has 0 aliphatic carbocycles. The summed E-state index contributed by atoms with van der Waals surface area (Å²) in [7, 11) is 1.72. The number of hydrogen-bond acceptors (Lipinski definition) is 5. The molecule has 2 aliphatic rings. The Kier molecular flexibility index (Phi) is 6.35. The molecule has 5 nitrogen and oxygen atoms in total. The van der Waals surface area contributed by atoms with Gasteiger partial charge in [0.25, 0.3) is 0 Å². The van der Waals surface area contributed by atoms with Crippen LogP contribution in [0.3, 0.4) is 0 Å². The van der Waals surface area contributed by atoms with Gasteiger partial charge in [-0.15, -0.1) is 0 Å². The third kappa shape index (κ3) is 4.21. The predicted molar refractivity (Wildman–Crippen MR) is 97.0 cm³/mol. The Balaban J connectivity index is 1.82. The quantitative estimate of drug-likeness (QED) is 0.827. The van der Waals surface area contributed by atoms with E-state index in [1.54, 1.807) is 7.11 Å². The van der Waals surface area contributed by atoms with Crippen molar-refractivity contribution >= 4 is 0 Å². The molecule has 1 unspecified atom stereocenters. The standard InChI is InChI=1S/C19H31N3O2/c1-3-24-18-7-6-16(14-19(18)23-2)17(15-21-10-4-5-11-21)22-12-8-20-9-13-22/h6-7,14,17,20H,3-5,8-13,15H2,1-2H3. The fraction of sp³-hybridized carbons (Fsp3) is 0.684. The minimum Gasteiger partial charge on any atom is -0.493 e. The maximum atomic E-state index is 5.68. The Morgan fingerprint density at radius 2 is 1.83 bits per heavy atom. The van der Waals surface area contributed by atoms with E-state index in [1.807, 2.05) is 6.92 Å². The third-order valence-corrected chi connectivity index (χ3v) is 5.09. The molecule has 0 spiro atoms. The van der Waals surface area contributed by atoms with Crippen molar-refractivity contribution in [2.24, 2.45) is 0 Å². The topological polar surface area (TPSA) is 37.0 Å². The summed E-state index contributed by atoms with van der Waals surface area (Å²) < 4.78 is 11.3. The lowest BCUT2D eigenvalue weighted by molar-refractivity contribution is 0.135. The summed E-state index contributed by atoms with van der Waals surface area (Å²) >= 11 is 0. The summed E-state index contributed by atoms with van der Waals surface area (Å²) in [6.45, 7) is 10.6. The second-order valence-corrected chi connectivity index (χ2v) is 6.65. The summed E-state index contributed by atoms with van der Waals surface area (Å²) in [5.41, 5.74) is 1.34. The molecule has 0 radical (unpaired) electrons. The van der Waals surface area contributed by atoms with Crippen LogP contribution < -0.4 is 14.8 Å². The van der Waals surface area contributed by atoms with Gasteiger partial charge in [-0.1, -0.05) is 6.07 Å². The zero-order valence-electron chi connectivity index (χ0n) is 15.1. The normalized spacial score (nSPS) is 20.9. The molecule has 0 saturated carbocycles. The molecular weight excluding hydrogens is 302 g/mol. The summed E-state index contributed by atoms with van der Waals surface area (Å²) in [5, 5.41) is 3.46. The van der Waals surface area contributed by atoms with Crippen molar-refractivity contribution in [2.75, 3.05) is 59.5 Å². The minimum absolute atomic E-state index is 0.426. The monoisotopic (exact) mass is 333 g/mol. The SMILES string of the molecule is CCOc1ccc(C(CN2CCCC2)N2CCNCC2)cc1OC. The molecule has 0 bridgehead atoms. The Labute approximate surface area is 145 Å². The average molecular weight is 333 g/mol. The molecular formula is C19H31N3O2. The first-order valence-corrected chi connectivity index (χ1v) is 9.29. The Morgan fingerprint density at radius 3 is 2.50 bits per heavy atom. The first kappa shape index (κ1) is 17.5. The molecule has 2 aliphatic heterocycles. The van der Waals surface area contributed by atoms with Crippen molar-refractivity contribution in [3.8, 4) is 11.5 Å². The van der Waals surface area contributed by atoms with E-state index in [4.69, 9.17) is 9.47 Å². The van der Waals surface area contributed by atoms with E-state index in [1.165, 1.54) is 31.5 Å². The van der Waals surface area contributed by atoms with Crippen LogP contribution in [0.25, 0.3) is 0 Å². The van der Waals surface area contributed by atoms with Crippen LogP contribution in [0.15, 0.2) is 18.2 Å². The fourth-order valence-corrected chi connectivity index (χ4v) is 3.80. The van der Waals surface area contributed by atoms with Gasteiger partial charge in [0.05, 0.1) is 13.7 Å². The van der Waals surface area contributed by atoms with Gasteiger partial charge < -0.3 is 19.7 Å². The maximum absolute atomic E-state index is 5.68. The molecule has 1 atom stereocenters. The van der Waals surface area contributed by atoms with Crippen molar-refractivity contribution in [3.05, 3.63) is 23.8 Å². The van der Waals surface area contributed by atoms with Gasteiger partial charge in [-0.05, 0) is 50.6 Å². The third-order valence-electron chi connectivity index (χ3n) is 5.09. The zero-order chi connectivity index (χ0) is 16.8. The Morgan fingerprint density at radius 1 is 1.08 bits per heavy atom. The molecule has 2 heterocycles. The van der Waals surface area contributed by atoms with Crippen molar-refractivity contribution in [1.82, 2.24) is 15.1 Å². The molecule has 3 rings (SSSR count). The summed E-state index contributed by atoms with van der Waals surface area (Å²) in [4.78, 5) is 5.22. The second-order valence-electron chi connectivity index (χ2n) is 6.65. The highest BCUT2D eigenvalue weighted by molar-refractivity contribution is 5.44. The van der Waals surface area contributed by atoms with Crippen molar-refractivity contribution in [2.45, 2.75) is 25.8 Å². The van der Waals surface area contributed by atoms with E-state index in [-0.39, 0.29) is 0 Å². The highest BCUT2D eigenvalue weighted by Gasteiger charge is 2.26. The molecule has 1 N–H and O–H groups in total. The van der Waals surface area contributed by atoms with Crippen LogP contribution in [0.2, 0.25) is 0 Å². The van der Waals surface area contributed by atoms with Gasteiger partial charge >= 0.3 is 0 Å². The van der Waals surface area contributed by atoms with Crippen LogP contribution in [0.1, 0.15) is 31.4 Å². The number of rotatable bonds is 7. The first-order chi connectivity index (χ1) is 11.8. The summed E-state index contributed by atoms with van der Waals surface area (Å²) in [6.07, 6.45) is 2.67. The lowest BCUT2D eigenvalue weighted by Crippen LogP contribution is -2.47. The second kappa shape index (κ2) is 8.70. The van der Waals surface area contributed by atoms with Gasteiger partial charge in [0.2, 0.25) is 0 Å². The van der Waals surface area contributed by atoms with Gasteiger partial charge in [0.15, 0.2) is 11.5 Å². The van der Waals surface area contributed by atoms with Gasteiger partial charge in [-0.3, -0.25) is 4.90 Å². The van der Waals surface area contributed by atoms with Gasteiger partial charge in [0, 0.05) is 38.8 Å². The Bertz CT molecular complexity index is 511. The van der Waals surface area contributed by atoms with Crippen LogP contribution in [0.5, 0.6) is 11.5 Å². The van der Waals surface area contributed by atoms with Crippen molar-refractivity contribution in [3.63, 3.8) is 0 Å². The smallest absolute Gasteiger partial charge is 0.161 e. The number of nitrogens with one attached hydrogen (secondary N) is 1. The molecule has 24 heavy (non-hydrogen) atoms. The lowest BCUT2D eigenvalue weighted by atomic mass is 10.0. The molecule has 5 heteroatoms. The number of piperazine rings is 1. The van der Waals surface area contributed by atoms with Gasteiger partial charge in [-0.2, -0.15) is 0 Å². The van der Waals surface area contributed by atoms with Gasteiger partial charge in [-0.25, -0.2) is 0 Å². The molecule has 134 valence electrons. The van der Waals surface area contributed by atoms with E-state index < -0.39 is 0 Å². The minimum atomic E-state index is 0.426. The van der Waals surface area contributed by atoms with Crippen LogP contribution in [0, 0.1) is 0 Å². The summed E-state index contributed by atoms with van der Waals surface area (Å²) in [6, 6.07) is 6.88. The highest BCUT2D eigenvalue weighted by Crippen LogP contribution is 2.33. The number of hydrogen-bond donors (Lipinski definition) is 1. The summed E-state index contributed by atoms with van der Waals surface area (Å²) in [5.74, 6) is 1.68. The van der Waals surface area contributed by atoms with E-state index in [9.17, 15) is 0 Å². The van der Waals surface area contributed by atoms with E-state index in [0.717, 1.165) is 44.2 Å². The number of benzene rings is 1. The first-order valence-electron chi connectivity index (χ1n) is 9.29. The largest absolute Gasteiger partial charge is 0.493 e. The number of nitrogens with zero attached hydrogens (tertiary/aromatic N) is 2. The average Bonchev–Trinajstić information content (AvgIpc) is 3.14. The van der Waals surface area contributed by atoms with Crippen LogP contribution >= 0.6 is 0 Å². The molecule has 0 amide bonds. The van der Waals surface area contributed by atoms with E-state index in [2.05, 4.69) is 33.3 Å². The predicted octanol–water partition coefficient (Wildman–Crippen LogP) is 2.14. The molecule has 2 saturated heterocycles. The highest BCUT2D eigenvalue weighted by atomic mass is 16.5. The number of methoxy groups -OCH3 is 1. The maximum Gasteiger partial charge on any atom is 0.161 e. The number of ether oxygens (including phenoxy) is 2. The van der Waals surface area contributed by atoms with E-state index >= 15 is 0 Å². The molecule has 0 aromatic heterocycles. The van der Waals surface area contributed by atoms with Crippen molar-refractivity contribution < 1.29 is 9.47 Å². The fourth-order valence-electron chi connectivity index (χ4n) is 3.80. The van der Waals surface area contributed by atoms with Crippen LogP contribution in [0.4, 0.5) is 0 Å². The molecule has 1 aromatic rings. The lowest BCUT2D eigenvalue weighted by Gasteiger charge is -2.37. The van der Waals surface area contributed by atoms with Crippen LogP contribution in [-0.2, 0) is 0 Å². The molecule has 1 aromatic carbocycles. The van der Waals surface area contributed by atoms with Crippen molar-refractivity contribution in [1.29, 1.82) is 0 Å². The molecule has 2 fully saturated rings.